The minimum atomic E-state index is -1.25. The number of rotatable bonds is 4. The Morgan fingerprint density at radius 2 is 2.12 bits per heavy atom. The molecular weight excluding hydrogens is 220 g/mol. The first-order valence-electron chi connectivity index (χ1n) is 5.82. The molecule has 5 nitrogen and oxygen atoms in total. The molecule has 0 bridgehead atoms. The van der Waals surface area contributed by atoms with Gasteiger partial charge in [-0.3, -0.25) is 9.78 Å². The summed E-state index contributed by atoms with van der Waals surface area (Å²) in [6.45, 7) is 7.25. The SMILES string of the molecule is CC[C@@](C)(O)c1cnc(CC(C)C)c(=O)n1O. The van der Waals surface area contributed by atoms with Gasteiger partial charge in [0.2, 0.25) is 0 Å². The fourth-order valence-electron chi connectivity index (χ4n) is 1.56. The fraction of sp³-hybridized carbons (Fsp3) is 0.667. The number of aromatic nitrogens is 2. The minimum Gasteiger partial charge on any atom is -0.425 e. The summed E-state index contributed by atoms with van der Waals surface area (Å²) >= 11 is 0. The first-order valence-corrected chi connectivity index (χ1v) is 5.82. The molecule has 1 heterocycles. The molecule has 1 rings (SSSR count). The van der Waals surface area contributed by atoms with Gasteiger partial charge >= 0.3 is 5.56 Å². The predicted molar refractivity (Wildman–Crippen MR) is 64.1 cm³/mol. The third-order valence-corrected chi connectivity index (χ3v) is 2.85. The van der Waals surface area contributed by atoms with E-state index < -0.39 is 11.2 Å². The zero-order valence-electron chi connectivity index (χ0n) is 10.8. The molecule has 0 amide bonds. The molecule has 0 radical (unpaired) electrons. The van der Waals surface area contributed by atoms with E-state index in [1.807, 2.05) is 13.8 Å². The molecule has 0 spiro atoms. The van der Waals surface area contributed by atoms with Crippen molar-refractivity contribution in [1.82, 2.24) is 9.71 Å². The Morgan fingerprint density at radius 1 is 1.53 bits per heavy atom. The highest BCUT2D eigenvalue weighted by atomic mass is 16.5. The second-order valence-electron chi connectivity index (χ2n) is 4.93. The minimum absolute atomic E-state index is 0.123. The van der Waals surface area contributed by atoms with Crippen LogP contribution in [0.25, 0.3) is 0 Å². The van der Waals surface area contributed by atoms with E-state index in [2.05, 4.69) is 4.98 Å². The van der Waals surface area contributed by atoms with Crippen LogP contribution in [0.15, 0.2) is 11.0 Å². The predicted octanol–water partition coefficient (Wildman–Crippen LogP) is 1.30. The Bertz CT molecular complexity index is 450. The average Bonchev–Trinajstić information content (AvgIpc) is 2.24. The smallest absolute Gasteiger partial charge is 0.304 e. The number of hydrogen-bond acceptors (Lipinski definition) is 4. The summed E-state index contributed by atoms with van der Waals surface area (Å²) in [5.74, 6) is 0.285. The standard InChI is InChI=1S/C12H20N2O3/c1-5-12(4,16)10-7-13-9(6-8(2)3)11(15)14(10)17/h7-8,16-17H,5-6H2,1-4H3/t12-/m1/s1. The molecule has 0 aliphatic carbocycles. The molecule has 5 heteroatoms. The van der Waals surface area contributed by atoms with Crippen LogP contribution in [0.5, 0.6) is 0 Å². The van der Waals surface area contributed by atoms with Crippen molar-refractivity contribution in [2.24, 2.45) is 5.92 Å². The zero-order valence-corrected chi connectivity index (χ0v) is 10.8. The normalized spacial score (nSPS) is 14.9. The molecule has 1 aromatic rings. The summed E-state index contributed by atoms with van der Waals surface area (Å²) in [5, 5.41) is 19.8. The fourth-order valence-corrected chi connectivity index (χ4v) is 1.56. The maximum absolute atomic E-state index is 11.8. The van der Waals surface area contributed by atoms with Crippen molar-refractivity contribution in [1.29, 1.82) is 0 Å². The highest BCUT2D eigenvalue weighted by molar-refractivity contribution is 5.11. The van der Waals surface area contributed by atoms with Crippen molar-refractivity contribution in [2.75, 3.05) is 0 Å². The van der Waals surface area contributed by atoms with Gasteiger partial charge in [-0.15, -0.1) is 4.73 Å². The molecule has 0 saturated carbocycles. The summed E-state index contributed by atoms with van der Waals surface area (Å²) in [4.78, 5) is 15.9. The van der Waals surface area contributed by atoms with Crippen LogP contribution in [0, 0.1) is 5.92 Å². The quantitative estimate of drug-likeness (QED) is 0.778. The first-order chi connectivity index (χ1) is 7.79. The molecule has 0 aliphatic rings. The van der Waals surface area contributed by atoms with Crippen molar-refractivity contribution in [3.05, 3.63) is 27.9 Å². The molecule has 0 fully saturated rings. The van der Waals surface area contributed by atoms with Crippen LogP contribution in [0.1, 0.15) is 45.5 Å². The Kier molecular flexibility index (Phi) is 3.93. The molecule has 1 aromatic heterocycles. The number of aliphatic hydroxyl groups is 1. The third kappa shape index (κ3) is 2.85. The summed E-state index contributed by atoms with van der Waals surface area (Å²) in [7, 11) is 0. The topological polar surface area (TPSA) is 75.4 Å². The molecule has 0 saturated heterocycles. The molecule has 1 atom stereocenters. The van der Waals surface area contributed by atoms with Crippen molar-refractivity contribution >= 4 is 0 Å². The van der Waals surface area contributed by atoms with Crippen molar-refractivity contribution in [3.8, 4) is 0 Å². The maximum atomic E-state index is 11.8. The Morgan fingerprint density at radius 3 is 2.59 bits per heavy atom. The van der Waals surface area contributed by atoms with Crippen LogP contribution in [0.4, 0.5) is 0 Å². The van der Waals surface area contributed by atoms with E-state index in [4.69, 9.17) is 0 Å². The highest BCUT2D eigenvalue weighted by Gasteiger charge is 2.26. The Hall–Kier alpha value is -1.36. The second kappa shape index (κ2) is 4.87. The number of hydrogen-bond donors (Lipinski definition) is 2. The summed E-state index contributed by atoms with van der Waals surface area (Å²) in [6, 6.07) is 0. The lowest BCUT2D eigenvalue weighted by Gasteiger charge is -2.22. The van der Waals surface area contributed by atoms with Gasteiger partial charge in [-0.2, -0.15) is 0 Å². The van der Waals surface area contributed by atoms with Crippen LogP contribution >= 0.6 is 0 Å². The van der Waals surface area contributed by atoms with Gasteiger partial charge < -0.3 is 10.3 Å². The Balaban J connectivity index is 3.25. The second-order valence-corrected chi connectivity index (χ2v) is 4.93. The van der Waals surface area contributed by atoms with Crippen LogP contribution in [0.3, 0.4) is 0 Å². The summed E-state index contributed by atoms with van der Waals surface area (Å²) < 4.78 is 0.508. The lowest BCUT2D eigenvalue weighted by molar-refractivity contribution is 0.0188. The monoisotopic (exact) mass is 240 g/mol. The average molecular weight is 240 g/mol. The van der Waals surface area contributed by atoms with Gasteiger partial charge in [0.1, 0.15) is 17.0 Å². The van der Waals surface area contributed by atoms with E-state index in [0.29, 0.717) is 23.3 Å². The van der Waals surface area contributed by atoms with Gasteiger partial charge in [0, 0.05) is 0 Å². The van der Waals surface area contributed by atoms with Crippen LogP contribution in [-0.4, -0.2) is 20.0 Å². The molecule has 96 valence electrons. The van der Waals surface area contributed by atoms with Gasteiger partial charge in [0.25, 0.3) is 0 Å². The van der Waals surface area contributed by atoms with Crippen LogP contribution in [-0.2, 0) is 12.0 Å². The Labute approximate surface area is 101 Å². The van der Waals surface area contributed by atoms with Crippen LogP contribution < -0.4 is 5.56 Å². The maximum Gasteiger partial charge on any atom is 0.304 e. The van der Waals surface area contributed by atoms with Gasteiger partial charge in [0.15, 0.2) is 0 Å². The number of nitrogens with zero attached hydrogens (tertiary/aromatic N) is 2. The van der Waals surface area contributed by atoms with Gasteiger partial charge in [-0.25, -0.2) is 0 Å². The molecule has 0 unspecified atom stereocenters. The summed E-state index contributed by atoms with van der Waals surface area (Å²) in [5.41, 5.74) is -1.36. The molecule has 2 N–H and O–H groups in total. The highest BCUT2D eigenvalue weighted by Crippen LogP contribution is 2.21. The van der Waals surface area contributed by atoms with Crippen LogP contribution in [0.2, 0.25) is 0 Å². The zero-order chi connectivity index (χ0) is 13.2. The third-order valence-electron chi connectivity index (χ3n) is 2.85. The molecule has 0 aromatic carbocycles. The van der Waals surface area contributed by atoms with E-state index in [1.165, 1.54) is 13.1 Å². The molecular formula is C12H20N2O3. The summed E-state index contributed by atoms with van der Waals surface area (Å²) in [6.07, 6.45) is 2.26. The first kappa shape index (κ1) is 13.7. The van der Waals surface area contributed by atoms with E-state index in [-0.39, 0.29) is 11.6 Å². The van der Waals surface area contributed by atoms with Gasteiger partial charge in [-0.1, -0.05) is 20.8 Å². The van der Waals surface area contributed by atoms with E-state index >= 15 is 0 Å². The van der Waals surface area contributed by atoms with Gasteiger partial charge in [0.05, 0.1) is 6.20 Å². The van der Waals surface area contributed by atoms with Crippen molar-refractivity contribution in [3.63, 3.8) is 0 Å². The largest absolute Gasteiger partial charge is 0.425 e. The van der Waals surface area contributed by atoms with E-state index in [0.717, 1.165) is 0 Å². The van der Waals surface area contributed by atoms with Crippen molar-refractivity contribution in [2.45, 2.75) is 46.1 Å². The van der Waals surface area contributed by atoms with E-state index in [1.54, 1.807) is 6.92 Å². The van der Waals surface area contributed by atoms with E-state index in [9.17, 15) is 15.1 Å². The van der Waals surface area contributed by atoms with Gasteiger partial charge in [-0.05, 0) is 25.7 Å². The lowest BCUT2D eigenvalue weighted by Crippen LogP contribution is -2.34. The van der Waals surface area contributed by atoms with Crippen molar-refractivity contribution < 1.29 is 10.3 Å². The molecule has 0 aliphatic heterocycles. The molecule has 17 heavy (non-hydrogen) atoms. The lowest BCUT2D eigenvalue weighted by atomic mass is 9.99.